The van der Waals surface area contributed by atoms with E-state index in [2.05, 4.69) is 10.3 Å². The monoisotopic (exact) mass is 259 g/mol. The predicted molar refractivity (Wildman–Crippen MR) is 73.5 cm³/mol. The highest BCUT2D eigenvalue weighted by molar-refractivity contribution is 7.11. The third-order valence-electron chi connectivity index (χ3n) is 3.20. The second kappa shape index (κ2) is 5.59. The molecule has 2 aromatic heterocycles. The number of pyridine rings is 1. The van der Waals surface area contributed by atoms with Gasteiger partial charge in [-0.3, -0.25) is 4.98 Å². The highest BCUT2D eigenvalue weighted by Crippen LogP contribution is 2.26. The van der Waals surface area contributed by atoms with Crippen LogP contribution in [0.15, 0.2) is 24.4 Å². The Morgan fingerprint density at radius 2 is 2.11 bits per heavy atom. The molecule has 0 spiro atoms. The summed E-state index contributed by atoms with van der Waals surface area (Å²) in [5.41, 5.74) is 2.43. The SMILES string of the molecule is c1ccc(CNCc2nc3c(s2)CCCC3)nc1. The van der Waals surface area contributed by atoms with Crippen LogP contribution in [-0.2, 0) is 25.9 Å². The summed E-state index contributed by atoms with van der Waals surface area (Å²) >= 11 is 1.88. The fourth-order valence-corrected chi connectivity index (χ4v) is 3.41. The molecule has 0 bridgehead atoms. The fourth-order valence-electron chi connectivity index (χ4n) is 2.28. The van der Waals surface area contributed by atoms with Crippen molar-refractivity contribution in [2.75, 3.05) is 0 Å². The van der Waals surface area contributed by atoms with Crippen molar-refractivity contribution in [3.8, 4) is 0 Å². The Labute approximate surface area is 111 Å². The van der Waals surface area contributed by atoms with Crippen LogP contribution in [0, 0.1) is 0 Å². The molecule has 0 aromatic carbocycles. The van der Waals surface area contributed by atoms with Crippen molar-refractivity contribution in [2.24, 2.45) is 0 Å². The Hall–Kier alpha value is -1.26. The van der Waals surface area contributed by atoms with Crippen molar-refractivity contribution in [2.45, 2.75) is 38.8 Å². The van der Waals surface area contributed by atoms with Gasteiger partial charge in [-0.1, -0.05) is 6.07 Å². The summed E-state index contributed by atoms with van der Waals surface area (Å²) in [5, 5.41) is 4.63. The lowest BCUT2D eigenvalue weighted by molar-refractivity contribution is 0.661. The fraction of sp³-hybridized carbons (Fsp3) is 0.429. The molecule has 2 heterocycles. The average Bonchev–Trinajstić information content (AvgIpc) is 2.82. The van der Waals surface area contributed by atoms with Gasteiger partial charge in [-0.25, -0.2) is 4.98 Å². The van der Waals surface area contributed by atoms with Gasteiger partial charge in [-0.05, 0) is 37.8 Å². The second-order valence-electron chi connectivity index (χ2n) is 4.61. The molecule has 1 aliphatic carbocycles. The van der Waals surface area contributed by atoms with E-state index in [4.69, 9.17) is 4.98 Å². The van der Waals surface area contributed by atoms with Gasteiger partial charge in [0.05, 0.1) is 11.4 Å². The minimum atomic E-state index is 0.811. The minimum Gasteiger partial charge on any atom is -0.305 e. The maximum atomic E-state index is 4.72. The van der Waals surface area contributed by atoms with Crippen molar-refractivity contribution < 1.29 is 0 Å². The van der Waals surface area contributed by atoms with Crippen molar-refractivity contribution in [3.63, 3.8) is 0 Å². The van der Waals surface area contributed by atoms with E-state index in [0.29, 0.717) is 0 Å². The van der Waals surface area contributed by atoms with Crippen LogP contribution in [-0.4, -0.2) is 9.97 Å². The summed E-state index contributed by atoms with van der Waals surface area (Å²) in [4.78, 5) is 10.5. The first-order valence-corrected chi connectivity index (χ1v) is 7.31. The van der Waals surface area contributed by atoms with Gasteiger partial charge >= 0.3 is 0 Å². The van der Waals surface area contributed by atoms with Crippen LogP contribution in [0.3, 0.4) is 0 Å². The Morgan fingerprint density at radius 1 is 1.17 bits per heavy atom. The number of hydrogen-bond acceptors (Lipinski definition) is 4. The molecule has 0 unspecified atom stereocenters. The molecule has 3 nitrogen and oxygen atoms in total. The zero-order chi connectivity index (χ0) is 12.2. The smallest absolute Gasteiger partial charge is 0.107 e. The molecule has 1 aliphatic rings. The van der Waals surface area contributed by atoms with E-state index in [1.807, 2.05) is 35.7 Å². The predicted octanol–water partition coefficient (Wildman–Crippen LogP) is 2.71. The Balaban J connectivity index is 1.55. The normalized spacial score (nSPS) is 14.4. The summed E-state index contributed by atoms with van der Waals surface area (Å²) in [7, 11) is 0. The molecular formula is C14H17N3S. The number of hydrogen-bond donors (Lipinski definition) is 1. The molecule has 2 aromatic rings. The third-order valence-corrected chi connectivity index (χ3v) is 4.36. The zero-order valence-electron chi connectivity index (χ0n) is 10.4. The van der Waals surface area contributed by atoms with Gasteiger partial charge in [0.25, 0.3) is 0 Å². The van der Waals surface area contributed by atoms with Crippen LogP contribution in [0.5, 0.6) is 0 Å². The Morgan fingerprint density at radius 3 is 2.94 bits per heavy atom. The summed E-state index contributed by atoms with van der Waals surface area (Å²) in [5.74, 6) is 0. The van der Waals surface area contributed by atoms with E-state index < -0.39 is 0 Å². The lowest BCUT2D eigenvalue weighted by Gasteiger charge is -2.06. The molecular weight excluding hydrogens is 242 g/mol. The zero-order valence-corrected chi connectivity index (χ0v) is 11.2. The highest BCUT2D eigenvalue weighted by Gasteiger charge is 2.14. The van der Waals surface area contributed by atoms with Crippen molar-refractivity contribution >= 4 is 11.3 Å². The van der Waals surface area contributed by atoms with E-state index in [9.17, 15) is 0 Å². The van der Waals surface area contributed by atoms with Gasteiger partial charge in [0.1, 0.15) is 5.01 Å². The summed E-state index contributed by atoms with van der Waals surface area (Å²) < 4.78 is 0. The van der Waals surface area contributed by atoms with Crippen LogP contribution < -0.4 is 5.32 Å². The van der Waals surface area contributed by atoms with Crippen LogP contribution in [0.25, 0.3) is 0 Å². The number of nitrogens with one attached hydrogen (secondary N) is 1. The summed E-state index contributed by atoms with van der Waals surface area (Å²) in [6.07, 6.45) is 6.87. The number of thiazole rings is 1. The molecule has 0 fully saturated rings. The Bertz CT molecular complexity index is 484. The molecule has 1 N–H and O–H groups in total. The first kappa shape index (κ1) is 11.8. The Kier molecular flexibility index (Phi) is 3.67. The molecule has 0 saturated carbocycles. The number of aryl methyl sites for hydroxylation is 2. The lowest BCUT2D eigenvalue weighted by Crippen LogP contribution is -2.13. The topological polar surface area (TPSA) is 37.8 Å². The van der Waals surface area contributed by atoms with Gasteiger partial charge < -0.3 is 5.32 Å². The molecule has 4 heteroatoms. The maximum absolute atomic E-state index is 4.72. The lowest BCUT2D eigenvalue weighted by atomic mass is 10.0. The largest absolute Gasteiger partial charge is 0.305 e. The first-order chi connectivity index (χ1) is 8.92. The molecule has 0 aliphatic heterocycles. The number of fused-ring (bicyclic) bond motifs is 1. The van der Waals surface area contributed by atoms with Gasteiger partial charge in [-0.15, -0.1) is 11.3 Å². The molecule has 0 atom stereocenters. The standard InChI is InChI=1S/C14H17N3S/c1-2-7-13-12(6-1)17-14(18-13)10-15-9-11-5-3-4-8-16-11/h3-5,8,15H,1-2,6-7,9-10H2. The minimum absolute atomic E-state index is 0.811. The first-order valence-electron chi connectivity index (χ1n) is 6.50. The number of rotatable bonds is 4. The van der Waals surface area contributed by atoms with Crippen molar-refractivity contribution in [1.82, 2.24) is 15.3 Å². The molecule has 3 rings (SSSR count). The summed E-state index contributed by atoms with van der Waals surface area (Å²) in [6.45, 7) is 1.67. The molecule has 0 radical (unpaired) electrons. The third kappa shape index (κ3) is 2.76. The highest BCUT2D eigenvalue weighted by atomic mass is 32.1. The van der Waals surface area contributed by atoms with E-state index in [1.165, 1.54) is 41.3 Å². The van der Waals surface area contributed by atoms with Crippen LogP contribution in [0.1, 0.15) is 34.1 Å². The van der Waals surface area contributed by atoms with Crippen LogP contribution in [0.4, 0.5) is 0 Å². The van der Waals surface area contributed by atoms with Crippen molar-refractivity contribution in [3.05, 3.63) is 45.7 Å². The summed E-state index contributed by atoms with van der Waals surface area (Å²) in [6, 6.07) is 6.00. The molecule has 94 valence electrons. The molecule has 0 saturated heterocycles. The van der Waals surface area contributed by atoms with Crippen molar-refractivity contribution in [1.29, 1.82) is 0 Å². The van der Waals surface area contributed by atoms with E-state index >= 15 is 0 Å². The number of aromatic nitrogens is 2. The van der Waals surface area contributed by atoms with Gasteiger partial charge in [0, 0.05) is 24.2 Å². The van der Waals surface area contributed by atoms with Gasteiger partial charge in [0.15, 0.2) is 0 Å². The average molecular weight is 259 g/mol. The molecule has 0 amide bonds. The maximum Gasteiger partial charge on any atom is 0.107 e. The van der Waals surface area contributed by atoms with Crippen LogP contribution in [0.2, 0.25) is 0 Å². The van der Waals surface area contributed by atoms with E-state index in [1.54, 1.807) is 0 Å². The second-order valence-corrected chi connectivity index (χ2v) is 5.78. The van der Waals surface area contributed by atoms with E-state index in [0.717, 1.165) is 18.8 Å². The van der Waals surface area contributed by atoms with Gasteiger partial charge in [-0.2, -0.15) is 0 Å². The van der Waals surface area contributed by atoms with Gasteiger partial charge in [0.2, 0.25) is 0 Å². The molecule has 18 heavy (non-hydrogen) atoms. The van der Waals surface area contributed by atoms with Crippen LogP contribution >= 0.6 is 11.3 Å². The quantitative estimate of drug-likeness (QED) is 0.917. The number of nitrogens with zero attached hydrogens (tertiary/aromatic N) is 2. The van der Waals surface area contributed by atoms with E-state index in [-0.39, 0.29) is 0 Å².